The van der Waals surface area contributed by atoms with Crippen LogP contribution in [0.4, 0.5) is 0 Å². The van der Waals surface area contributed by atoms with Crippen LogP contribution in [0.3, 0.4) is 0 Å². The molecule has 1 aromatic carbocycles. The lowest BCUT2D eigenvalue weighted by atomic mass is 10.1. The van der Waals surface area contributed by atoms with Crippen LogP contribution in [-0.4, -0.2) is 25.9 Å². The van der Waals surface area contributed by atoms with Crippen LogP contribution in [0, 0.1) is 6.92 Å². The number of benzene rings is 1. The van der Waals surface area contributed by atoms with E-state index in [4.69, 9.17) is 5.14 Å². The molecule has 1 heterocycles. The lowest BCUT2D eigenvalue weighted by Gasteiger charge is -2.06. The van der Waals surface area contributed by atoms with Gasteiger partial charge in [-0.1, -0.05) is 12.1 Å². The molecule has 0 aliphatic heterocycles. The average molecular weight is 307 g/mol. The van der Waals surface area contributed by atoms with E-state index in [2.05, 4.69) is 10.3 Å². The fourth-order valence-electron chi connectivity index (χ4n) is 1.96. The third-order valence-electron chi connectivity index (χ3n) is 3.15. The Bertz CT molecular complexity index is 733. The monoisotopic (exact) mass is 307 g/mol. The molecule has 0 atom stereocenters. The second-order valence-electron chi connectivity index (χ2n) is 4.71. The summed E-state index contributed by atoms with van der Waals surface area (Å²) in [4.78, 5) is 14.9. The molecular weight excluding hydrogens is 290 g/mol. The number of carbonyl (C=O) groups is 1. The topological polar surface area (TPSA) is 105 Å². The smallest absolute Gasteiger partial charge is 0.253 e. The van der Waals surface area contributed by atoms with Crippen LogP contribution >= 0.6 is 0 Å². The number of nitrogens with two attached hydrogens (primary N) is 1. The fourth-order valence-corrected chi connectivity index (χ4v) is 2.48. The molecule has 0 saturated heterocycles. The van der Waals surface area contributed by atoms with E-state index in [9.17, 15) is 13.2 Å². The zero-order chi connectivity index (χ0) is 15.5. The predicted molar refractivity (Wildman–Crippen MR) is 79.4 cm³/mol. The van der Waals surface area contributed by atoms with Crippen molar-refractivity contribution in [2.24, 2.45) is 5.14 Å². The van der Waals surface area contributed by atoms with Gasteiger partial charge >= 0.3 is 0 Å². The lowest BCUT2D eigenvalue weighted by molar-refractivity contribution is 0.0953. The van der Waals surface area contributed by atoms with E-state index in [-0.39, 0.29) is 10.8 Å². The Balaban J connectivity index is 1.89. The van der Waals surface area contributed by atoms with Crippen molar-refractivity contribution < 1.29 is 13.2 Å². The number of nitrogens with one attached hydrogen (secondary N) is 2. The minimum absolute atomic E-state index is 0.0817. The molecule has 2 rings (SSSR count). The van der Waals surface area contributed by atoms with Crippen molar-refractivity contribution in [2.45, 2.75) is 18.2 Å². The Kier molecular flexibility index (Phi) is 4.44. The summed E-state index contributed by atoms with van der Waals surface area (Å²) in [7, 11) is -3.66. The van der Waals surface area contributed by atoms with Gasteiger partial charge in [0.2, 0.25) is 10.0 Å². The minimum Gasteiger partial charge on any atom is -0.365 e. The summed E-state index contributed by atoms with van der Waals surface area (Å²) < 4.78 is 22.3. The van der Waals surface area contributed by atoms with E-state index in [1.807, 2.05) is 6.92 Å². The van der Waals surface area contributed by atoms with Crippen molar-refractivity contribution in [3.63, 3.8) is 0 Å². The molecule has 0 fully saturated rings. The Morgan fingerprint density at radius 1 is 1.24 bits per heavy atom. The Hall–Kier alpha value is -2.12. The highest BCUT2D eigenvalue weighted by Crippen LogP contribution is 2.09. The zero-order valence-corrected chi connectivity index (χ0v) is 12.4. The molecule has 0 bridgehead atoms. The van der Waals surface area contributed by atoms with Gasteiger partial charge in [0.1, 0.15) is 0 Å². The highest BCUT2D eigenvalue weighted by atomic mass is 32.2. The van der Waals surface area contributed by atoms with Crippen LogP contribution in [-0.2, 0) is 16.4 Å². The van der Waals surface area contributed by atoms with E-state index in [0.29, 0.717) is 18.5 Å². The molecular formula is C14H17N3O3S. The van der Waals surface area contributed by atoms with Gasteiger partial charge < -0.3 is 10.3 Å². The quantitative estimate of drug-likeness (QED) is 0.765. The van der Waals surface area contributed by atoms with Gasteiger partial charge in [0.05, 0.1) is 10.5 Å². The van der Waals surface area contributed by atoms with Crippen molar-refractivity contribution in [3.8, 4) is 0 Å². The van der Waals surface area contributed by atoms with Gasteiger partial charge in [-0.2, -0.15) is 0 Å². The maximum absolute atomic E-state index is 11.9. The lowest BCUT2D eigenvalue weighted by Crippen LogP contribution is -2.25. The number of hydrogen-bond acceptors (Lipinski definition) is 3. The number of aryl methyl sites for hydroxylation is 1. The number of aromatic amines is 1. The first kappa shape index (κ1) is 15.3. The van der Waals surface area contributed by atoms with Gasteiger partial charge in [-0.05, 0) is 37.1 Å². The predicted octanol–water partition coefficient (Wildman–Crippen LogP) is 0.943. The summed E-state index contributed by atoms with van der Waals surface area (Å²) in [6, 6.07) is 8.03. The third-order valence-corrected chi connectivity index (χ3v) is 4.08. The molecule has 1 amide bonds. The highest BCUT2D eigenvalue weighted by molar-refractivity contribution is 7.89. The molecule has 0 radical (unpaired) electrons. The van der Waals surface area contributed by atoms with Crippen LogP contribution in [0.15, 0.2) is 41.4 Å². The molecule has 0 aliphatic rings. The largest absolute Gasteiger partial charge is 0.365 e. The van der Waals surface area contributed by atoms with Gasteiger partial charge in [-0.3, -0.25) is 4.79 Å². The first-order valence-electron chi connectivity index (χ1n) is 6.42. The fraction of sp³-hybridized carbons (Fsp3) is 0.214. The summed E-state index contributed by atoms with van der Waals surface area (Å²) in [6.45, 7) is 2.30. The van der Waals surface area contributed by atoms with Crippen LogP contribution in [0.2, 0.25) is 0 Å². The molecule has 0 aliphatic carbocycles. The van der Waals surface area contributed by atoms with Gasteiger partial charge in [0.15, 0.2) is 0 Å². The Morgan fingerprint density at radius 3 is 2.43 bits per heavy atom. The number of H-pyrrole nitrogens is 1. The molecule has 0 unspecified atom stereocenters. The van der Waals surface area contributed by atoms with Crippen molar-refractivity contribution in [2.75, 3.05) is 6.54 Å². The molecule has 0 saturated carbocycles. The maximum atomic E-state index is 11.9. The molecule has 2 aromatic rings. The van der Waals surface area contributed by atoms with Crippen molar-refractivity contribution in [3.05, 3.63) is 53.3 Å². The van der Waals surface area contributed by atoms with E-state index >= 15 is 0 Å². The van der Waals surface area contributed by atoms with Crippen LogP contribution < -0.4 is 10.5 Å². The number of sulfonamides is 1. The van der Waals surface area contributed by atoms with Crippen molar-refractivity contribution in [1.29, 1.82) is 0 Å². The van der Waals surface area contributed by atoms with Crippen LogP contribution in [0.1, 0.15) is 21.6 Å². The summed E-state index contributed by atoms with van der Waals surface area (Å²) in [6.07, 6.45) is 2.33. The Morgan fingerprint density at radius 2 is 1.90 bits per heavy atom. The molecule has 4 N–H and O–H groups in total. The summed E-state index contributed by atoms with van der Waals surface area (Å²) in [5.41, 5.74) is 2.37. The van der Waals surface area contributed by atoms with E-state index in [1.54, 1.807) is 24.4 Å². The van der Waals surface area contributed by atoms with Crippen molar-refractivity contribution in [1.82, 2.24) is 10.3 Å². The van der Waals surface area contributed by atoms with Gasteiger partial charge in [-0.25, -0.2) is 13.6 Å². The van der Waals surface area contributed by atoms with E-state index in [1.165, 1.54) is 12.1 Å². The first-order valence-corrected chi connectivity index (χ1v) is 7.96. The normalized spacial score (nSPS) is 11.3. The molecule has 6 nitrogen and oxygen atoms in total. The van der Waals surface area contributed by atoms with E-state index < -0.39 is 10.0 Å². The van der Waals surface area contributed by atoms with Crippen LogP contribution in [0.25, 0.3) is 0 Å². The van der Waals surface area contributed by atoms with Gasteiger partial charge in [-0.15, -0.1) is 0 Å². The second kappa shape index (κ2) is 6.11. The number of rotatable bonds is 5. The second-order valence-corrected chi connectivity index (χ2v) is 6.27. The molecule has 1 aromatic heterocycles. The average Bonchev–Trinajstić information content (AvgIpc) is 2.84. The molecule has 112 valence electrons. The Labute approximate surface area is 123 Å². The van der Waals surface area contributed by atoms with E-state index in [0.717, 1.165) is 11.3 Å². The molecule has 21 heavy (non-hydrogen) atoms. The number of aromatic nitrogens is 1. The molecule has 7 heteroatoms. The standard InChI is InChI=1S/C14H17N3O3S/c1-10-13(7-9-16-10)14(18)17-8-6-11-2-4-12(5-3-11)21(15,19)20/h2-5,7,9,16H,6,8H2,1H3,(H,17,18)(H2,15,19,20). The maximum Gasteiger partial charge on any atom is 0.253 e. The highest BCUT2D eigenvalue weighted by Gasteiger charge is 2.09. The third kappa shape index (κ3) is 3.93. The summed E-state index contributed by atoms with van der Waals surface area (Å²) >= 11 is 0. The van der Waals surface area contributed by atoms with Gasteiger partial charge in [0, 0.05) is 18.4 Å². The first-order chi connectivity index (χ1) is 9.88. The zero-order valence-electron chi connectivity index (χ0n) is 11.6. The number of amides is 1. The van der Waals surface area contributed by atoms with Gasteiger partial charge in [0.25, 0.3) is 5.91 Å². The number of hydrogen-bond donors (Lipinski definition) is 3. The van der Waals surface area contributed by atoms with Crippen molar-refractivity contribution >= 4 is 15.9 Å². The summed E-state index contributed by atoms with van der Waals surface area (Å²) in [5.74, 6) is -0.130. The minimum atomic E-state index is -3.66. The summed E-state index contributed by atoms with van der Waals surface area (Å²) in [5, 5.41) is 7.84. The number of primary sulfonamides is 1. The number of carbonyl (C=O) groups excluding carboxylic acids is 1. The molecule has 0 spiro atoms. The SMILES string of the molecule is Cc1[nH]ccc1C(=O)NCCc1ccc(S(N)(=O)=O)cc1. The van der Waals surface area contributed by atoms with Crippen LogP contribution in [0.5, 0.6) is 0 Å².